The van der Waals surface area contributed by atoms with E-state index < -0.39 is 5.97 Å². The maximum Gasteiger partial charge on any atom is 0.336 e. The predicted molar refractivity (Wildman–Crippen MR) is 92.1 cm³/mol. The maximum atomic E-state index is 11.6. The fourth-order valence-electron chi connectivity index (χ4n) is 2.71. The Kier molecular flexibility index (Phi) is 3.88. The Labute approximate surface area is 143 Å². The number of aryl methyl sites for hydroxylation is 4. The zero-order valence-electron chi connectivity index (χ0n) is 13.7. The van der Waals surface area contributed by atoms with Gasteiger partial charge in [0, 0.05) is 14.1 Å². The van der Waals surface area contributed by atoms with Gasteiger partial charge in [0.1, 0.15) is 0 Å². The number of carboxylic acids is 1. The molecule has 0 aliphatic heterocycles. The van der Waals surface area contributed by atoms with Gasteiger partial charge in [0.05, 0.1) is 38.7 Å². The van der Waals surface area contributed by atoms with Gasteiger partial charge in [-0.05, 0) is 32.1 Å². The standard InChI is InChI=1S/C16H16ClN5O2/c1-8-13-11(16(23)24)7-10(18-15(13)22(4)19-8)5-6-12-14(17)9(2)20-21(12)3/h5-7H,1-4H3,(H,23,24)/b6-5+. The second kappa shape index (κ2) is 5.76. The molecule has 0 spiro atoms. The summed E-state index contributed by atoms with van der Waals surface area (Å²) in [6.07, 6.45) is 3.49. The molecule has 0 saturated carbocycles. The molecule has 3 heterocycles. The van der Waals surface area contributed by atoms with Gasteiger partial charge in [-0.3, -0.25) is 9.36 Å². The molecule has 0 aromatic carbocycles. The van der Waals surface area contributed by atoms with Crippen molar-refractivity contribution >= 4 is 40.8 Å². The van der Waals surface area contributed by atoms with Crippen LogP contribution in [-0.4, -0.2) is 35.6 Å². The van der Waals surface area contributed by atoms with Gasteiger partial charge in [-0.15, -0.1) is 0 Å². The van der Waals surface area contributed by atoms with E-state index in [1.165, 1.54) is 6.07 Å². The summed E-state index contributed by atoms with van der Waals surface area (Å²) < 4.78 is 3.24. The normalized spacial score (nSPS) is 11.7. The van der Waals surface area contributed by atoms with E-state index in [-0.39, 0.29) is 5.56 Å². The SMILES string of the molecule is Cc1nn(C)c(/C=C/c2cc(C(=O)O)c3c(C)nn(C)c3n2)c1Cl. The van der Waals surface area contributed by atoms with Crippen molar-refractivity contribution in [3.63, 3.8) is 0 Å². The molecular weight excluding hydrogens is 330 g/mol. The molecule has 7 nitrogen and oxygen atoms in total. The summed E-state index contributed by atoms with van der Waals surface area (Å²) in [5.74, 6) is -1.01. The van der Waals surface area contributed by atoms with Crippen LogP contribution in [0.25, 0.3) is 23.2 Å². The Morgan fingerprint density at radius 1 is 1.17 bits per heavy atom. The fourth-order valence-corrected chi connectivity index (χ4v) is 2.94. The highest BCUT2D eigenvalue weighted by Crippen LogP contribution is 2.24. The third-order valence-corrected chi connectivity index (χ3v) is 4.29. The second-order valence-corrected chi connectivity index (χ2v) is 5.93. The lowest BCUT2D eigenvalue weighted by Gasteiger charge is -2.02. The third kappa shape index (κ3) is 2.56. The van der Waals surface area contributed by atoms with Crippen molar-refractivity contribution in [2.75, 3.05) is 0 Å². The number of carbonyl (C=O) groups is 1. The van der Waals surface area contributed by atoms with Gasteiger partial charge in [-0.1, -0.05) is 11.6 Å². The smallest absolute Gasteiger partial charge is 0.336 e. The predicted octanol–water partition coefficient (Wildman–Crippen LogP) is 2.84. The Morgan fingerprint density at radius 2 is 1.83 bits per heavy atom. The van der Waals surface area contributed by atoms with Crippen LogP contribution in [0.15, 0.2) is 6.07 Å². The lowest BCUT2D eigenvalue weighted by atomic mass is 10.1. The highest BCUT2D eigenvalue weighted by molar-refractivity contribution is 6.32. The van der Waals surface area contributed by atoms with Crippen LogP contribution in [0.4, 0.5) is 0 Å². The molecule has 0 atom stereocenters. The Morgan fingerprint density at radius 3 is 2.42 bits per heavy atom. The van der Waals surface area contributed by atoms with Crippen LogP contribution in [-0.2, 0) is 14.1 Å². The lowest BCUT2D eigenvalue weighted by Crippen LogP contribution is -2.01. The zero-order valence-corrected chi connectivity index (χ0v) is 14.5. The molecule has 8 heteroatoms. The first-order valence-corrected chi connectivity index (χ1v) is 7.62. The summed E-state index contributed by atoms with van der Waals surface area (Å²) in [5.41, 5.74) is 3.32. The Bertz CT molecular complexity index is 1000. The third-order valence-electron chi connectivity index (χ3n) is 3.82. The molecule has 1 N–H and O–H groups in total. The summed E-state index contributed by atoms with van der Waals surface area (Å²) in [6, 6.07) is 1.53. The first-order chi connectivity index (χ1) is 11.3. The molecule has 0 fully saturated rings. The molecule has 3 aromatic heterocycles. The van der Waals surface area contributed by atoms with Gasteiger partial charge in [-0.25, -0.2) is 9.78 Å². The van der Waals surface area contributed by atoms with Crippen LogP contribution in [0.2, 0.25) is 5.02 Å². The molecular formula is C16H16ClN5O2. The number of pyridine rings is 1. The average Bonchev–Trinajstić information content (AvgIpc) is 2.93. The van der Waals surface area contributed by atoms with Crippen molar-refractivity contribution in [3.8, 4) is 0 Å². The maximum absolute atomic E-state index is 11.6. The number of nitrogens with zero attached hydrogens (tertiary/aromatic N) is 5. The highest BCUT2D eigenvalue weighted by atomic mass is 35.5. The van der Waals surface area contributed by atoms with Crippen LogP contribution in [0.1, 0.15) is 33.1 Å². The number of hydrogen-bond donors (Lipinski definition) is 1. The van der Waals surface area contributed by atoms with Crippen LogP contribution in [0.3, 0.4) is 0 Å². The minimum atomic E-state index is -1.01. The molecule has 3 aromatic rings. The zero-order chi connectivity index (χ0) is 17.6. The van der Waals surface area contributed by atoms with Gasteiger partial charge >= 0.3 is 5.97 Å². The first-order valence-electron chi connectivity index (χ1n) is 7.24. The first kappa shape index (κ1) is 16.2. The van der Waals surface area contributed by atoms with E-state index in [0.29, 0.717) is 27.4 Å². The van der Waals surface area contributed by atoms with Crippen molar-refractivity contribution in [2.45, 2.75) is 13.8 Å². The molecule has 0 bridgehead atoms. The quantitative estimate of drug-likeness (QED) is 0.788. The van der Waals surface area contributed by atoms with Gasteiger partial charge in [0.25, 0.3) is 0 Å². The van der Waals surface area contributed by atoms with Crippen molar-refractivity contribution < 1.29 is 9.90 Å². The molecule has 0 unspecified atom stereocenters. The van der Waals surface area contributed by atoms with Crippen molar-refractivity contribution in [3.05, 3.63) is 39.4 Å². The van der Waals surface area contributed by atoms with Gasteiger partial charge in [0.2, 0.25) is 0 Å². The molecule has 0 aliphatic rings. The number of fused-ring (bicyclic) bond motifs is 1. The monoisotopic (exact) mass is 345 g/mol. The molecule has 0 amide bonds. The van der Waals surface area contributed by atoms with E-state index in [2.05, 4.69) is 15.2 Å². The summed E-state index contributed by atoms with van der Waals surface area (Å²) in [7, 11) is 3.53. The number of aromatic nitrogens is 5. The number of halogens is 1. The van der Waals surface area contributed by atoms with Gasteiger partial charge < -0.3 is 5.11 Å². The minimum Gasteiger partial charge on any atom is -0.478 e. The van der Waals surface area contributed by atoms with Crippen LogP contribution in [0.5, 0.6) is 0 Å². The van der Waals surface area contributed by atoms with Gasteiger partial charge in [0.15, 0.2) is 5.65 Å². The van der Waals surface area contributed by atoms with E-state index in [0.717, 1.165) is 11.4 Å². The van der Waals surface area contributed by atoms with E-state index >= 15 is 0 Å². The van der Waals surface area contributed by atoms with Crippen molar-refractivity contribution in [1.82, 2.24) is 24.5 Å². The van der Waals surface area contributed by atoms with E-state index in [1.807, 2.05) is 6.92 Å². The lowest BCUT2D eigenvalue weighted by molar-refractivity contribution is 0.0699. The molecule has 3 rings (SSSR count). The fraction of sp³-hybridized carbons (Fsp3) is 0.250. The second-order valence-electron chi connectivity index (χ2n) is 5.55. The van der Waals surface area contributed by atoms with Crippen LogP contribution in [0, 0.1) is 13.8 Å². The minimum absolute atomic E-state index is 0.178. The number of rotatable bonds is 3. The average molecular weight is 346 g/mol. The van der Waals surface area contributed by atoms with Crippen molar-refractivity contribution in [1.29, 1.82) is 0 Å². The summed E-state index contributed by atoms with van der Waals surface area (Å²) in [6.45, 7) is 3.59. The van der Waals surface area contributed by atoms with Crippen molar-refractivity contribution in [2.24, 2.45) is 14.1 Å². The largest absolute Gasteiger partial charge is 0.478 e. The van der Waals surface area contributed by atoms with E-state index in [9.17, 15) is 9.90 Å². The molecule has 0 radical (unpaired) electrons. The summed E-state index contributed by atoms with van der Waals surface area (Å²) in [4.78, 5) is 16.1. The topological polar surface area (TPSA) is 85.8 Å². The molecule has 24 heavy (non-hydrogen) atoms. The summed E-state index contributed by atoms with van der Waals surface area (Å²) >= 11 is 6.22. The van der Waals surface area contributed by atoms with E-state index in [1.54, 1.807) is 42.5 Å². The molecule has 124 valence electrons. The summed E-state index contributed by atoms with van der Waals surface area (Å²) in [5, 5.41) is 19.1. The van der Waals surface area contributed by atoms with Gasteiger partial charge in [-0.2, -0.15) is 10.2 Å². The number of aromatic carboxylic acids is 1. The van der Waals surface area contributed by atoms with E-state index in [4.69, 9.17) is 11.6 Å². The highest BCUT2D eigenvalue weighted by Gasteiger charge is 2.17. The molecule has 0 aliphatic carbocycles. The molecule has 0 saturated heterocycles. The van der Waals surface area contributed by atoms with Crippen LogP contribution >= 0.6 is 11.6 Å². The number of carboxylic acid groups (broad SMARTS) is 1. The Hall–Kier alpha value is -2.67. The number of hydrogen-bond acceptors (Lipinski definition) is 4. The van der Waals surface area contributed by atoms with Crippen LogP contribution < -0.4 is 0 Å². The Balaban J connectivity index is 2.15.